The summed E-state index contributed by atoms with van der Waals surface area (Å²) in [5.74, 6) is 0.780. The van der Waals surface area contributed by atoms with Crippen molar-refractivity contribution in [1.82, 2.24) is 5.32 Å². The Morgan fingerprint density at radius 1 is 1.44 bits per heavy atom. The van der Waals surface area contributed by atoms with Gasteiger partial charge in [0.05, 0.1) is 13.2 Å². The van der Waals surface area contributed by atoms with Gasteiger partial charge in [0.1, 0.15) is 5.75 Å². The highest BCUT2D eigenvalue weighted by atomic mass is 16.5. The number of nitrogens with two attached hydrogens (primary N) is 1. The summed E-state index contributed by atoms with van der Waals surface area (Å²) < 4.78 is 5.17. The van der Waals surface area contributed by atoms with Crippen LogP contribution in [0.15, 0.2) is 24.3 Å². The van der Waals surface area contributed by atoms with Crippen LogP contribution in [0.25, 0.3) is 0 Å². The molecule has 1 rings (SSSR count). The summed E-state index contributed by atoms with van der Waals surface area (Å²) in [6.07, 6.45) is 0.705. The number of ether oxygens (including phenoxy) is 1. The number of hydrogen-bond donors (Lipinski definition) is 2. The SMILES string of the molecule is COc1cccc([C@@H](C)NC(=O)C(C)CCN)c1. The van der Waals surface area contributed by atoms with Crippen molar-refractivity contribution in [2.75, 3.05) is 13.7 Å². The molecular formula is C14H22N2O2. The van der Waals surface area contributed by atoms with Crippen LogP contribution >= 0.6 is 0 Å². The Labute approximate surface area is 109 Å². The first-order valence-electron chi connectivity index (χ1n) is 6.23. The highest BCUT2D eigenvalue weighted by Gasteiger charge is 2.15. The van der Waals surface area contributed by atoms with Gasteiger partial charge in [-0.1, -0.05) is 19.1 Å². The molecule has 2 atom stereocenters. The van der Waals surface area contributed by atoms with Gasteiger partial charge in [-0.2, -0.15) is 0 Å². The maximum Gasteiger partial charge on any atom is 0.223 e. The van der Waals surface area contributed by atoms with E-state index in [1.165, 1.54) is 0 Å². The van der Waals surface area contributed by atoms with Crippen LogP contribution in [0.1, 0.15) is 31.9 Å². The first kappa shape index (κ1) is 14.5. The molecule has 1 aromatic rings. The quantitative estimate of drug-likeness (QED) is 0.810. The molecule has 0 aliphatic carbocycles. The second-order valence-electron chi connectivity index (χ2n) is 4.49. The van der Waals surface area contributed by atoms with Gasteiger partial charge in [-0.15, -0.1) is 0 Å². The molecule has 1 amide bonds. The molecule has 0 aliphatic heterocycles. The van der Waals surface area contributed by atoms with Crippen LogP contribution in [-0.2, 0) is 4.79 Å². The summed E-state index contributed by atoms with van der Waals surface area (Å²) in [5, 5.41) is 2.98. The molecule has 4 heteroatoms. The van der Waals surface area contributed by atoms with Crippen LogP contribution in [0, 0.1) is 5.92 Å². The number of amides is 1. The third-order valence-corrected chi connectivity index (χ3v) is 3.00. The Kier molecular flexibility index (Phi) is 5.65. The Balaban J connectivity index is 2.64. The van der Waals surface area contributed by atoms with E-state index >= 15 is 0 Å². The van der Waals surface area contributed by atoms with Crippen molar-refractivity contribution in [3.05, 3.63) is 29.8 Å². The standard InChI is InChI=1S/C14H22N2O2/c1-10(7-8-15)14(17)16-11(2)12-5-4-6-13(9-12)18-3/h4-6,9-11H,7-8,15H2,1-3H3,(H,16,17)/t10?,11-/m1/s1. The number of carbonyl (C=O) groups excluding carboxylic acids is 1. The summed E-state index contributed by atoms with van der Waals surface area (Å²) in [4.78, 5) is 11.9. The summed E-state index contributed by atoms with van der Waals surface area (Å²) in [5.41, 5.74) is 6.48. The average molecular weight is 250 g/mol. The lowest BCUT2D eigenvalue weighted by Crippen LogP contribution is -2.32. The van der Waals surface area contributed by atoms with Crippen molar-refractivity contribution in [2.24, 2.45) is 11.7 Å². The third-order valence-electron chi connectivity index (χ3n) is 3.00. The number of benzene rings is 1. The average Bonchev–Trinajstić information content (AvgIpc) is 2.39. The topological polar surface area (TPSA) is 64.3 Å². The van der Waals surface area contributed by atoms with E-state index in [9.17, 15) is 4.79 Å². The molecule has 1 aromatic carbocycles. The normalized spacial score (nSPS) is 13.8. The van der Waals surface area contributed by atoms with Gasteiger partial charge in [-0.25, -0.2) is 0 Å². The van der Waals surface area contributed by atoms with Gasteiger partial charge in [0.2, 0.25) is 5.91 Å². The largest absolute Gasteiger partial charge is 0.497 e. The minimum atomic E-state index is -0.0527. The van der Waals surface area contributed by atoms with E-state index in [1.807, 2.05) is 38.1 Å². The van der Waals surface area contributed by atoms with Crippen LogP contribution < -0.4 is 15.8 Å². The maximum atomic E-state index is 11.9. The van der Waals surface area contributed by atoms with Crippen LogP contribution in [0.3, 0.4) is 0 Å². The van der Waals surface area contributed by atoms with Crippen LogP contribution in [-0.4, -0.2) is 19.6 Å². The van der Waals surface area contributed by atoms with E-state index in [0.29, 0.717) is 13.0 Å². The summed E-state index contributed by atoms with van der Waals surface area (Å²) in [6.45, 7) is 4.38. The zero-order valence-corrected chi connectivity index (χ0v) is 11.3. The predicted octanol–water partition coefficient (Wildman–Crippen LogP) is 1.86. The Hall–Kier alpha value is -1.55. The summed E-state index contributed by atoms with van der Waals surface area (Å²) in [7, 11) is 1.63. The molecule has 3 N–H and O–H groups in total. The molecule has 0 saturated heterocycles. The van der Waals surface area contributed by atoms with Crippen molar-refractivity contribution >= 4 is 5.91 Å². The second-order valence-corrected chi connectivity index (χ2v) is 4.49. The monoisotopic (exact) mass is 250 g/mol. The predicted molar refractivity (Wildman–Crippen MR) is 72.4 cm³/mol. The number of carbonyl (C=O) groups is 1. The Morgan fingerprint density at radius 3 is 2.78 bits per heavy atom. The summed E-state index contributed by atoms with van der Waals surface area (Å²) >= 11 is 0. The number of rotatable bonds is 6. The van der Waals surface area contributed by atoms with Gasteiger partial charge in [-0.3, -0.25) is 4.79 Å². The molecule has 0 aliphatic rings. The fourth-order valence-corrected chi connectivity index (χ4v) is 1.73. The molecule has 0 saturated carbocycles. The molecule has 0 spiro atoms. The van der Waals surface area contributed by atoms with Gasteiger partial charge in [0.25, 0.3) is 0 Å². The zero-order valence-electron chi connectivity index (χ0n) is 11.3. The Morgan fingerprint density at radius 2 is 2.17 bits per heavy atom. The molecular weight excluding hydrogens is 228 g/mol. The smallest absolute Gasteiger partial charge is 0.223 e. The van der Waals surface area contributed by atoms with Crippen molar-refractivity contribution in [3.8, 4) is 5.75 Å². The molecule has 0 bridgehead atoms. The van der Waals surface area contributed by atoms with Crippen molar-refractivity contribution in [2.45, 2.75) is 26.3 Å². The maximum absolute atomic E-state index is 11.9. The van der Waals surface area contributed by atoms with E-state index < -0.39 is 0 Å². The molecule has 0 radical (unpaired) electrons. The van der Waals surface area contributed by atoms with E-state index in [2.05, 4.69) is 5.32 Å². The second kappa shape index (κ2) is 7.01. The molecule has 18 heavy (non-hydrogen) atoms. The van der Waals surface area contributed by atoms with Crippen LogP contribution in [0.5, 0.6) is 5.75 Å². The third kappa shape index (κ3) is 4.04. The highest BCUT2D eigenvalue weighted by molar-refractivity contribution is 5.78. The van der Waals surface area contributed by atoms with E-state index in [0.717, 1.165) is 11.3 Å². The lowest BCUT2D eigenvalue weighted by atomic mass is 10.0. The Bertz CT molecular complexity index is 393. The minimum absolute atomic E-state index is 0.0344. The first-order valence-corrected chi connectivity index (χ1v) is 6.23. The highest BCUT2D eigenvalue weighted by Crippen LogP contribution is 2.19. The fraction of sp³-hybridized carbons (Fsp3) is 0.500. The van der Waals surface area contributed by atoms with E-state index in [-0.39, 0.29) is 17.9 Å². The molecule has 4 nitrogen and oxygen atoms in total. The van der Waals surface area contributed by atoms with Crippen LogP contribution in [0.2, 0.25) is 0 Å². The summed E-state index contributed by atoms with van der Waals surface area (Å²) in [6, 6.07) is 7.67. The van der Waals surface area contributed by atoms with E-state index in [1.54, 1.807) is 7.11 Å². The molecule has 1 unspecified atom stereocenters. The first-order chi connectivity index (χ1) is 8.58. The number of hydrogen-bond acceptors (Lipinski definition) is 3. The number of methoxy groups -OCH3 is 1. The fourth-order valence-electron chi connectivity index (χ4n) is 1.73. The molecule has 0 aromatic heterocycles. The van der Waals surface area contributed by atoms with Gasteiger partial charge in [-0.05, 0) is 37.6 Å². The lowest BCUT2D eigenvalue weighted by molar-refractivity contribution is -0.125. The zero-order chi connectivity index (χ0) is 13.5. The van der Waals surface area contributed by atoms with Gasteiger partial charge in [0, 0.05) is 5.92 Å². The molecule has 0 fully saturated rings. The van der Waals surface area contributed by atoms with Crippen molar-refractivity contribution in [3.63, 3.8) is 0 Å². The van der Waals surface area contributed by atoms with Crippen molar-refractivity contribution in [1.29, 1.82) is 0 Å². The van der Waals surface area contributed by atoms with Gasteiger partial charge >= 0.3 is 0 Å². The van der Waals surface area contributed by atoms with Gasteiger partial charge < -0.3 is 15.8 Å². The number of nitrogens with one attached hydrogen (secondary N) is 1. The lowest BCUT2D eigenvalue weighted by Gasteiger charge is -2.18. The molecule has 0 heterocycles. The van der Waals surface area contributed by atoms with Crippen molar-refractivity contribution < 1.29 is 9.53 Å². The van der Waals surface area contributed by atoms with E-state index in [4.69, 9.17) is 10.5 Å². The van der Waals surface area contributed by atoms with Gasteiger partial charge in [0.15, 0.2) is 0 Å². The minimum Gasteiger partial charge on any atom is -0.497 e. The molecule has 100 valence electrons. The van der Waals surface area contributed by atoms with Crippen LogP contribution in [0.4, 0.5) is 0 Å².